The van der Waals surface area contributed by atoms with Gasteiger partial charge in [0.15, 0.2) is 0 Å². The summed E-state index contributed by atoms with van der Waals surface area (Å²) >= 11 is 0. The van der Waals surface area contributed by atoms with Crippen molar-refractivity contribution in [3.8, 4) is 11.5 Å². The third-order valence-corrected chi connectivity index (χ3v) is 6.01. The summed E-state index contributed by atoms with van der Waals surface area (Å²) in [6.07, 6.45) is 0. The highest BCUT2D eigenvalue weighted by Crippen LogP contribution is 2.31. The monoisotopic (exact) mass is 518 g/mol. The van der Waals surface area contributed by atoms with Crippen LogP contribution in [0.15, 0.2) is 36.4 Å². The minimum atomic E-state index is -0.998. The van der Waals surface area contributed by atoms with Crippen LogP contribution in [0.2, 0.25) is 0 Å². The molecule has 2 rings (SSSR count). The zero-order valence-corrected chi connectivity index (χ0v) is 21.7. The van der Waals surface area contributed by atoms with Crippen LogP contribution in [-0.4, -0.2) is 58.0 Å². The van der Waals surface area contributed by atoms with Crippen LogP contribution in [0.25, 0.3) is 0 Å². The van der Waals surface area contributed by atoms with E-state index in [0.717, 1.165) is 0 Å². The lowest BCUT2D eigenvalue weighted by atomic mass is 9.89. The van der Waals surface area contributed by atoms with Crippen LogP contribution >= 0.6 is 0 Å². The lowest BCUT2D eigenvalue weighted by Crippen LogP contribution is -2.15. The van der Waals surface area contributed by atoms with Crippen LogP contribution in [0, 0.1) is 0 Å². The fourth-order valence-electron chi connectivity index (χ4n) is 3.56. The fourth-order valence-corrected chi connectivity index (χ4v) is 3.56. The van der Waals surface area contributed by atoms with E-state index in [9.17, 15) is 19.2 Å². The molecule has 0 aromatic heterocycles. The van der Waals surface area contributed by atoms with Crippen molar-refractivity contribution in [3.63, 3.8) is 0 Å². The Kier molecular flexibility index (Phi) is 11.6. The molecule has 37 heavy (non-hydrogen) atoms. The minimum Gasteiger partial charge on any atom is -0.497 e. The molecule has 202 valence electrons. The summed E-state index contributed by atoms with van der Waals surface area (Å²) in [4.78, 5) is 44.3. The highest BCUT2D eigenvalue weighted by Gasteiger charge is 2.25. The van der Waals surface area contributed by atoms with Crippen LogP contribution in [0.3, 0.4) is 0 Å². The van der Waals surface area contributed by atoms with Crippen LogP contribution in [0.4, 0.5) is 0 Å². The van der Waals surface area contributed by atoms with Gasteiger partial charge in [0.1, 0.15) is 11.5 Å². The summed E-state index contributed by atoms with van der Waals surface area (Å²) in [6, 6.07) is 9.71. The number of hydrogen-bond donors (Lipinski definition) is 4. The van der Waals surface area contributed by atoms with Crippen molar-refractivity contribution in [1.29, 1.82) is 0 Å². The molecule has 10 nitrogen and oxygen atoms in total. The Labute approximate surface area is 215 Å². The molecule has 0 amide bonds. The molecule has 0 aliphatic heterocycles. The minimum absolute atomic E-state index is 0.467. The van der Waals surface area contributed by atoms with E-state index in [1.54, 1.807) is 36.4 Å². The second-order valence-corrected chi connectivity index (χ2v) is 8.46. The van der Waals surface area contributed by atoms with Crippen molar-refractivity contribution in [1.82, 2.24) is 0 Å². The van der Waals surface area contributed by atoms with Gasteiger partial charge in [-0.15, -0.1) is 0 Å². The first-order valence-electron chi connectivity index (χ1n) is 11.6. The molecule has 0 aliphatic rings. The molecular weight excluding hydrogens is 484 g/mol. The van der Waals surface area contributed by atoms with E-state index in [4.69, 9.17) is 29.9 Å². The molecule has 0 saturated heterocycles. The summed E-state index contributed by atoms with van der Waals surface area (Å²) in [5, 5.41) is 36.3. The Hall–Kier alpha value is -4.08. The van der Waals surface area contributed by atoms with Gasteiger partial charge in [-0.25, -0.2) is 0 Å². The lowest BCUT2D eigenvalue weighted by molar-refractivity contribution is -0.140. The van der Waals surface area contributed by atoms with E-state index in [1.165, 1.54) is 34.8 Å². The van der Waals surface area contributed by atoms with Crippen molar-refractivity contribution < 1.29 is 49.1 Å². The average Bonchev–Trinajstić information content (AvgIpc) is 2.86. The van der Waals surface area contributed by atoms with Gasteiger partial charge >= 0.3 is 23.9 Å². The predicted molar refractivity (Wildman–Crippen MR) is 135 cm³/mol. The van der Waals surface area contributed by atoms with Crippen LogP contribution in [0.5, 0.6) is 11.5 Å². The molecule has 0 aliphatic carbocycles. The number of carboxylic acid groups (broad SMARTS) is 4. The maximum absolute atomic E-state index is 11.1. The van der Waals surface area contributed by atoms with Gasteiger partial charge in [0.25, 0.3) is 0 Å². The average molecular weight is 519 g/mol. The first-order valence-corrected chi connectivity index (χ1v) is 11.6. The maximum Gasteiger partial charge on any atom is 0.310 e. The number of methoxy groups -OCH3 is 1. The van der Waals surface area contributed by atoms with Crippen molar-refractivity contribution in [2.75, 3.05) is 13.7 Å². The highest BCUT2D eigenvalue weighted by atomic mass is 16.5. The normalized spacial score (nSPS) is 13.7. The Bertz CT molecular complexity index is 1120. The van der Waals surface area contributed by atoms with Crippen LogP contribution in [-0.2, 0) is 19.2 Å². The number of aliphatic carboxylic acids is 4. The van der Waals surface area contributed by atoms with Crippen molar-refractivity contribution in [2.24, 2.45) is 0 Å². The number of rotatable bonds is 11. The molecule has 4 atom stereocenters. The van der Waals surface area contributed by atoms with Crippen molar-refractivity contribution in [2.45, 2.75) is 58.3 Å². The number of benzene rings is 2. The van der Waals surface area contributed by atoms with Crippen LogP contribution in [0.1, 0.15) is 80.5 Å². The smallest absolute Gasteiger partial charge is 0.310 e. The Morgan fingerprint density at radius 2 is 0.946 bits per heavy atom. The third-order valence-electron chi connectivity index (χ3n) is 6.01. The number of carbonyl (C=O) groups is 4. The molecule has 4 N–H and O–H groups in total. The summed E-state index contributed by atoms with van der Waals surface area (Å²) in [5.41, 5.74) is 1.95. The predicted octanol–water partition coefficient (Wildman–Crippen LogP) is 4.53. The highest BCUT2D eigenvalue weighted by molar-refractivity contribution is 5.81. The maximum atomic E-state index is 11.1. The van der Waals surface area contributed by atoms with Gasteiger partial charge in [-0.3, -0.25) is 19.2 Å². The number of ether oxygens (including phenoxy) is 2. The van der Waals surface area contributed by atoms with Gasteiger partial charge in [-0.05, 0) is 81.1 Å². The van der Waals surface area contributed by atoms with Gasteiger partial charge < -0.3 is 29.9 Å². The molecule has 0 spiro atoms. The second kappa shape index (κ2) is 13.9. The first kappa shape index (κ1) is 31.0. The zero-order chi connectivity index (χ0) is 28.4. The standard InChI is InChI=1S/C14H18O5.C13H16O5/c1-4-19-10-5-6-11(8(2)13(15)16)12(7-10)9(3)14(17)18;1-7(12(14)15)10-5-4-9(18-3)6-11(10)8(2)13(16)17/h5-9H,4H2,1-3H3,(H,15,16)(H,17,18);4-8H,1-3H3,(H,14,15)(H,16,17). The molecule has 4 unspecified atom stereocenters. The molecule has 10 heteroatoms. The van der Waals surface area contributed by atoms with E-state index in [-0.39, 0.29) is 0 Å². The topological polar surface area (TPSA) is 168 Å². The quantitative estimate of drug-likeness (QED) is 0.331. The summed E-state index contributed by atoms with van der Waals surface area (Å²) in [5.74, 6) is -5.97. The van der Waals surface area contributed by atoms with E-state index in [2.05, 4.69) is 0 Å². The molecular formula is C27H34O10. The first-order chi connectivity index (χ1) is 17.3. The fraction of sp³-hybridized carbons (Fsp3) is 0.407. The van der Waals surface area contributed by atoms with E-state index < -0.39 is 47.5 Å². The molecule has 0 fully saturated rings. The SMILES string of the molecule is CCOc1ccc(C(C)C(=O)O)c(C(C)C(=O)O)c1.COc1ccc(C(C)C(=O)O)c(C(C)C(=O)O)c1. The largest absolute Gasteiger partial charge is 0.497 e. The molecule has 0 bridgehead atoms. The van der Waals surface area contributed by atoms with Crippen LogP contribution < -0.4 is 9.47 Å². The van der Waals surface area contributed by atoms with Gasteiger partial charge in [-0.2, -0.15) is 0 Å². The van der Waals surface area contributed by atoms with Gasteiger partial charge in [0.2, 0.25) is 0 Å². The van der Waals surface area contributed by atoms with Gasteiger partial charge in [-0.1, -0.05) is 12.1 Å². The van der Waals surface area contributed by atoms with E-state index >= 15 is 0 Å². The lowest BCUT2D eigenvalue weighted by Gasteiger charge is -2.17. The molecule has 0 radical (unpaired) electrons. The summed E-state index contributed by atoms with van der Waals surface area (Å²) < 4.78 is 10.4. The zero-order valence-electron chi connectivity index (χ0n) is 21.7. The molecule has 2 aromatic carbocycles. The third kappa shape index (κ3) is 8.23. The van der Waals surface area contributed by atoms with E-state index in [0.29, 0.717) is 40.4 Å². The second-order valence-electron chi connectivity index (χ2n) is 8.46. The van der Waals surface area contributed by atoms with Gasteiger partial charge in [0, 0.05) is 0 Å². The Morgan fingerprint density at radius 3 is 1.27 bits per heavy atom. The summed E-state index contributed by atoms with van der Waals surface area (Å²) in [7, 11) is 1.48. The van der Waals surface area contributed by atoms with E-state index in [1.807, 2.05) is 6.92 Å². The molecule has 0 saturated carbocycles. The number of carboxylic acids is 4. The number of hydrogen-bond acceptors (Lipinski definition) is 6. The van der Waals surface area contributed by atoms with Gasteiger partial charge in [0.05, 0.1) is 37.4 Å². The Morgan fingerprint density at radius 1 is 0.622 bits per heavy atom. The molecule has 0 heterocycles. The Balaban J connectivity index is 0.000000371. The molecule has 2 aromatic rings. The van der Waals surface area contributed by atoms with Crippen molar-refractivity contribution >= 4 is 23.9 Å². The van der Waals surface area contributed by atoms with Crippen molar-refractivity contribution in [3.05, 3.63) is 58.7 Å². The summed E-state index contributed by atoms with van der Waals surface area (Å²) in [6.45, 7) is 8.42.